The monoisotopic (exact) mass is 267 g/mol. The topological polar surface area (TPSA) is 62.9 Å². The third-order valence-corrected chi connectivity index (χ3v) is 1.79. The summed E-state index contributed by atoms with van der Waals surface area (Å²) in [5.74, 6) is 0. The van der Waals surface area contributed by atoms with E-state index in [1.807, 2.05) is 20.8 Å². The maximum atomic E-state index is 5.34. The van der Waals surface area contributed by atoms with Crippen LogP contribution in [0.3, 0.4) is 0 Å². The van der Waals surface area contributed by atoms with Gasteiger partial charge in [-0.1, -0.05) is 13.8 Å². The number of hydrogen-bond donors (Lipinski definition) is 1. The predicted octanol–water partition coefficient (Wildman–Crippen LogP) is 1.69. The first-order valence-corrected chi connectivity index (χ1v) is 6.92. The molecule has 0 saturated carbocycles. The number of ether oxygens (including phenoxy) is 4. The molecule has 0 aromatic carbocycles. The van der Waals surface area contributed by atoms with Crippen molar-refractivity contribution in [2.45, 2.75) is 27.2 Å². The van der Waals surface area contributed by atoms with Crippen LogP contribution in [0.25, 0.3) is 0 Å². The zero-order valence-corrected chi connectivity index (χ0v) is 12.3. The molecule has 18 heavy (non-hydrogen) atoms. The second-order valence-electron chi connectivity index (χ2n) is 3.18. The molecule has 0 heterocycles. The van der Waals surface area contributed by atoms with Crippen molar-refractivity contribution in [1.82, 2.24) is 0 Å². The van der Waals surface area contributed by atoms with Crippen molar-refractivity contribution >= 4 is 0 Å². The van der Waals surface area contributed by atoms with E-state index in [1.54, 1.807) is 0 Å². The molecule has 0 saturated heterocycles. The third-order valence-electron chi connectivity index (χ3n) is 1.79. The second-order valence-corrected chi connectivity index (χ2v) is 3.18. The van der Waals surface area contributed by atoms with E-state index in [4.69, 9.17) is 24.7 Å². The zero-order chi connectivity index (χ0) is 13.9. The van der Waals surface area contributed by atoms with Gasteiger partial charge in [-0.05, 0) is 13.3 Å². The number of nitrogens with two attached hydrogens (primary N) is 1. The van der Waals surface area contributed by atoms with Crippen LogP contribution in [-0.2, 0) is 18.9 Å². The molecule has 114 valence electrons. The van der Waals surface area contributed by atoms with E-state index in [0.29, 0.717) is 39.6 Å². The molecule has 0 rings (SSSR count). The van der Waals surface area contributed by atoms with Crippen molar-refractivity contribution in [2.24, 2.45) is 5.73 Å². The molecule has 0 aliphatic carbocycles. The molecule has 0 unspecified atom stereocenters. The largest absolute Gasteiger partial charge is 0.382 e. The van der Waals surface area contributed by atoms with Gasteiger partial charge in [0.15, 0.2) is 0 Å². The molecule has 0 bridgehead atoms. The lowest BCUT2D eigenvalue weighted by Gasteiger charge is -2.06. The Morgan fingerprint density at radius 2 is 1.17 bits per heavy atom. The van der Waals surface area contributed by atoms with Crippen LogP contribution in [0.15, 0.2) is 0 Å². The van der Waals surface area contributed by atoms with Crippen LogP contribution in [0, 0.1) is 0 Å². The highest BCUT2D eigenvalue weighted by Gasteiger charge is 1.91. The smallest absolute Gasteiger partial charge is 0.0701 e. The van der Waals surface area contributed by atoms with Gasteiger partial charge in [0.05, 0.1) is 33.0 Å². The summed E-state index contributed by atoms with van der Waals surface area (Å²) in [4.78, 5) is 0. The van der Waals surface area contributed by atoms with Gasteiger partial charge in [0.1, 0.15) is 0 Å². The summed E-state index contributed by atoms with van der Waals surface area (Å²) in [5, 5.41) is 0. The minimum atomic E-state index is 0. The third kappa shape index (κ3) is 21.1. The predicted molar refractivity (Wildman–Crippen MR) is 76.1 cm³/mol. The van der Waals surface area contributed by atoms with Crippen molar-refractivity contribution in [1.29, 1.82) is 0 Å². The number of hydrogen-bond acceptors (Lipinski definition) is 5. The highest BCUT2D eigenvalue weighted by molar-refractivity contribution is 4.36. The molecule has 2 N–H and O–H groups in total. The van der Waals surface area contributed by atoms with Gasteiger partial charge in [0.2, 0.25) is 0 Å². The second kappa shape index (κ2) is 22.0. The quantitative estimate of drug-likeness (QED) is 0.515. The average molecular weight is 267 g/mol. The van der Waals surface area contributed by atoms with Crippen molar-refractivity contribution < 1.29 is 20.4 Å². The first-order chi connectivity index (χ1) is 8.91. The molecule has 0 spiro atoms. The highest BCUT2D eigenvalue weighted by atomic mass is 16.5. The SMILES string of the molecule is CC.CCOCCCOCCOCCOCCN.[HH]. The summed E-state index contributed by atoms with van der Waals surface area (Å²) < 4.78 is 21.0. The fraction of sp³-hybridized carbons (Fsp3) is 1.00. The molecule has 0 amide bonds. The minimum absolute atomic E-state index is 0. The highest BCUT2D eigenvalue weighted by Crippen LogP contribution is 1.86. The van der Waals surface area contributed by atoms with Gasteiger partial charge in [0, 0.05) is 27.8 Å². The first-order valence-electron chi connectivity index (χ1n) is 6.92. The van der Waals surface area contributed by atoms with E-state index < -0.39 is 0 Å². The van der Waals surface area contributed by atoms with Gasteiger partial charge >= 0.3 is 0 Å². The Bertz CT molecular complexity index is 117. The summed E-state index contributed by atoms with van der Waals surface area (Å²) >= 11 is 0. The van der Waals surface area contributed by atoms with Crippen molar-refractivity contribution in [2.75, 3.05) is 59.4 Å². The molecule has 0 radical (unpaired) electrons. The molecule has 5 nitrogen and oxygen atoms in total. The van der Waals surface area contributed by atoms with E-state index in [-0.39, 0.29) is 1.43 Å². The van der Waals surface area contributed by atoms with Crippen LogP contribution < -0.4 is 5.73 Å². The summed E-state index contributed by atoms with van der Waals surface area (Å²) in [6.07, 6.45) is 0.938. The van der Waals surface area contributed by atoms with Gasteiger partial charge in [-0.15, -0.1) is 0 Å². The van der Waals surface area contributed by atoms with Crippen LogP contribution in [0.2, 0.25) is 0 Å². The van der Waals surface area contributed by atoms with Crippen LogP contribution >= 0.6 is 0 Å². The van der Waals surface area contributed by atoms with Crippen molar-refractivity contribution in [3.8, 4) is 0 Å². The van der Waals surface area contributed by atoms with Crippen LogP contribution in [0.5, 0.6) is 0 Å². The fourth-order valence-electron chi connectivity index (χ4n) is 1.03. The van der Waals surface area contributed by atoms with Gasteiger partial charge in [-0.3, -0.25) is 0 Å². The van der Waals surface area contributed by atoms with Crippen molar-refractivity contribution in [3.63, 3.8) is 0 Å². The Morgan fingerprint density at radius 3 is 1.67 bits per heavy atom. The molecule has 5 heteroatoms. The Morgan fingerprint density at radius 1 is 0.722 bits per heavy atom. The van der Waals surface area contributed by atoms with Gasteiger partial charge in [-0.25, -0.2) is 0 Å². The summed E-state index contributed by atoms with van der Waals surface area (Å²) in [5.41, 5.74) is 5.26. The normalized spacial score (nSPS) is 10.0. The maximum absolute atomic E-state index is 5.34. The van der Waals surface area contributed by atoms with E-state index in [2.05, 4.69) is 0 Å². The minimum Gasteiger partial charge on any atom is -0.382 e. The molecule has 0 fully saturated rings. The van der Waals surface area contributed by atoms with Gasteiger partial charge < -0.3 is 24.7 Å². The molecule has 0 aromatic heterocycles. The Hall–Kier alpha value is -0.200. The lowest BCUT2D eigenvalue weighted by Crippen LogP contribution is -2.13. The standard InChI is InChI=1S/C11H25NO4.C2H6.H2/c1-2-13-5-3-6-14-8-10-16-11-9-15-7-4-12;1-2;/h2-12H2,1H3;1-2H3;1H. The van der Waals surface area contributed by atoms with E-state index in [0.717, 1.165) is 26.2 Å². The van der Waals surface area contributed by atoms with Crippen molar-refractivity contribution in [3.05, 3.63) is 0 Å². The lowest BCUT2D eigenvalue weighted by molar-refractivity contribution is 0.0114. The van der Waals surface area contributed by atoms with E-state index in [1.165, 1.54) is 0 Å². The van der Waals surface area contributed by atoms with Gasteiger partial charge in [0.25, 0.3) is 0 Å². The first kappa shape index (κ1) is 20.1. The van der Waals surface area contributed by atoms with Crippen LogP contribution in [0.4, 0.5) is 0 Å². The molecule has 0 aliphatic heterocycles. The molecule has 0 atom stereocenters. The molecular weight excluding hydrogens is 234 g/mol. The Kier molecular flexibility index (Phi) is 24.6. The molecule has 0 aromatic rings. The molecular formula is C13H33NO4. The summed E-state index contributed by atoms with van der Waals surface area (Å²) in [7, 11) is 0. The maximum Gasteiger partial charge on any atom is 0.0701 e. The lowest BCUT2D eigenvalue weighted by atomic mass is 10.5. The van der Waals surface area contributed by atoms with E-state index >= 15 is 0 Å². The summed E-state index contributed by atoms with van der Waals surface area (Å²) in [6.45, 7) is 11.8. The van der Waals surface area contributed by atoms with E-state index in [9.17, 15) is 0 Å². The zero-order valence-electron chi connectivity index (χ0n) is 12.3. The van der Waals surface area contributed by atoms with Gasteiger partial charge in [-0.2, -0.15) is 0 Å². The molecule has 0 aliphatic rings. The Balaban J connectivity index is -0.000000809. The average Bonchev–Trinajstić information content (AvgIpc) is 2.42. The number of rotatable bonds is 13. The fourth-order valence-corrected chi connectivity index (χ4v) is 1.03. The Labute approximate surface area is 113 Å². The van der Waals surface area contributed by atoms with Crippen LogP contribution in [-0.4, -0.2) is 59.4 Å². The summed E-state index contributed by atoms with van der Waals surface area (Å²) in [6, 6.07) is 0. The van der Waals surface area contributed by atoms with Crippen LogP contribution in [0.1, 0.15) is 28.6 Å².